The highest BCUT2D eigenvalue weighted by molar-refractivity contribution is 7.13. The van der Waals surface area contributed by atoms with Gasteiger partial charge in [-0.05, 0) is 49.1 Å². The van der Waals surface area contributed by atoms with E-state index in [-0.39, 0.29) is 11.7 Å². The van der Waals surface area contributed by atoms with Gasteiger partial charge in [-0.1, -0.05) is 18.2 Å². The molecule has 0 unspecified atom stereocenters. The van der Waals surface area contributed by atoms with Crippen LogP contribution in [0, 0.1) is 5.82 Å². The normalized spacial score (nSPS) is 15.4. The SMILES string of the molecule is O=C(NC1(c2ccc(F)cc2)CCC1)c1csc(-c2ccccn2)n1. The number of aromatic nitrogens is 2. The van der Waals surface area contributed by atoms with Crippen LogP contribution in [-0.4, -0.2) is 15.9 Å². The molecule has 6 heteroatoms. The van der Waals surface area contributed by atoms with Crippen LogP contribution in [0.3, 0.4) is 0 Å². The van der Waals surface area contributed by atoms with Crippen molar-refractivity contribution in [3.63, 3.8) is 0 Å². The van der Waals surface area contributed by atoms with Crippen molar-refractivity contribution in [3.05, 3.63) is 71.1 Å². The summed E-state index contributed by atoms with van der Waals surface area (Å²) in [7, 11) is 0. The van der Waals surface area contributed by atoms with Crippen LogP contribution < -0.4 is 5.32 Å². The van der Waals surface area contributed by atoms with Crippen molar-refractivity contribution in [3.8, 4) is 10.7 Å². The van der Waals surface area contributed by atoms with Crippen molar-refractivity contribution >= 4 is 17.2 Å². The Balaban J connectivity index is 1.55. The summed E-state index contributed by atoms with van der Waals surface area (Å²) in [5.74, 6) is -0.480. The molecule has 1 amide bonds. The zero-order valence-corrected chi connectivity index (χ0v) is 14.2. The summed E-state index contributed by atoms with van der Waals surface area (Å²) >= 11 is 1.40. The van der Waals surface area contributed by atoms with Crippen LogP contribution in [0.1, 0.15) is 35.3 Å². The molecule has 4 rings (SSSR count). The molecule has 0 atom stereocenters. The van der Waals surface area contributed by atoms with Crippen LogP contribution in [0.25, 0.3) is 10.7 Å². The molecular weight excluding hydrogens is 337 g/mol. The fourth-order valence-corrected chi connectivity index (χ4v) is 3.83. The summed E-state index contributed by atoms with van der Waals surface area (Å²) < 4.78 is 13.2. The zero-order chi connectivity index (χ0) is 17.3. The molecule has 4 nitrogen and oxygen atoms in total. The minimum absolute atomic E-state index is 0.206. The van der Waals surface area contributed by atoms with Gasteiger partial charge in [-0.2, -0.15) is 0 Å². The summed E-state index contributed by atoms with van der Waals surface area (Å²) in [5, 5.41) is 5.57. The number of nitrogens with one attached hydrogen (secondary N) is 1. The molecular formula is C19H16FN3OS. The number of pyridine rings is 1. The Hall–Kier alpha value is -2.60. The molecule has 0 spiro atoms. The second kappa shape index (κ2) is 6.37. The molecule has 25 heavy (non-hydrogen) atoms. The Kier molecular flexibility index (Phi) is 4.05. The number of hydrogen-bond acceptors (Lipinski definition) is 4. The molecule has 0 aliphatic heterocycles. The number of amides is 1. The zero-order valence-electron chi connectivity index (χ0n) is 13.4. The van der Waals surface area contributed by atoms with E-state index in [1.807, 2.05) is 18.2 Å². The summed E-state index contributed by atoms with van der Waals surface area (Å²) in [4.78, 5) is 21.4. The first-order valence-electron chi connectivity index (χ1n) is 8.12. The minimum atomic E-state index is -0.417. The van der Waals surface area contributed by atoms with E-state index in [0.29, 0.717) is 5.69 Å². The molecule has 1 saturated carbocycles. The van der Waals surface area contributed by atoms with Gasteiger partial charge in [0.15, 0.2) is 0 Å². The lowest BCUT2D eigenvalue weighted by Gasteiger charge is -2.43. The van der Waals surface area contributed by atoms with E-state index in [2.05, 4.69) is 15.3 Å². The highest BCUT2D eigenvalue weighted by Gasteiger charge is 2.40. The predicted octanol–water partition coefficient (Wildman–Crippen LogP) is 4.15. The van der Waals surface area contributed by atoms with Crippen molar-refractivity contribution in [2.75, 3.05) is 0 Å². The van der Waals surface area contributed by atoms with Crippen molar-refractivity contribution in [1.82, 2.24) is 15.3 Å². The van der Waals surface area contributed by atoms with Crippen LogP contribution in [0.4, 0.5) is 4.39 Å². The molecule has 1 aliphatic carbocycles. The van der Waals surface area contributed by atoms with E-state index in [9.17, 15) is 9.18 Å². The van der Waals surface area contributed by atoms with Crippen LogP contribution in [-0.2, 0) is 5.54 Å². The number of halogens is 1. The number of benzene rings is 1. The lowest BCUT2D eigenvalue weighted by Crippen LogP contribution is -2.50. The summed E-state index contributed by atoms with van der Waals surface area (Å²) in [5.41, 5.74) is 1.66. The third kappa shape index (κ3) is 3.05. The third-order valence-electron chi connectivity index (χ3n) is 4.58. The van der Waals surface area contributed by atoms with E-state index in [0.717, 1.165) is 35.5 Å². The molecule has 0 saturated heterocycles. The molecule has 1 fully saturated rings. The second-order valence-electron chi connectivity index (χ2n) is 6.15. The van der Waals surface area contributed by atoms with Crippen molar-refractivity contribution < 1.29 is 9.18 Å². The number of carbonyl (C=O) groups excluding carboxylic acids is 1. The number of nitrogens with zero attached hydrogens (tertiary/aromatic N) is 2. The summed E-state index contributed by atoms with van der Waals surface area (Å²) in [6, 6.07) is 12.0. The fourth-order valence-electron chi connectivity index (χ4n) is 3.05. The molecule has 0 radical (unpaired) electrons. The smallest absolute Gasteiger partial charge is 0.271 e. The monoisotopic (exact) mass is 353 g/mol. The highest BCUT2D eigenvalue weighted by Crippen LogP contribution is 2.41. The fraction of sp³-hybridized carbons (Fsp3) is 0.211. The minimum Gasteiger partial charge on any atom is -0.341 e. The summed E-state index contributed by atoms with van der Waals surface area (Å²) in [6.07, 6.45) is 4.44. The first kappa shape index (κ1) is 15.9. The quantitative estimate of drug-likeness (QED) is 0.766. The molecule has 126 valence electrons. The number of carbonyl (C=O) groups is 1. The Morgan fingerprint density at radius 3 is 2.60 bits per heavy atom. The molecule has 1 aliphatic rings. The van der Waals surface area contributed by atoms with Crippen molar-refractivity contribution in [2.45, 2.75) is 24.8 Å². The van der Waals surface area contributed by atoms with Crippen molar-refractivity contribution in [2.24, 2.45) is 0 Å². The van der Waals surface area contributed by atoms with Gasteiger partial charge in [0.1, 0.15) is 16.5 Å². The van der Waals surface area contributed by atoms with Gasteiger partial charge in [-0.15, -0.1) is 11.3 Å². The second-order valence-corrected chi connectivity index (χ2v) is 7.01. The Labute approximate surface area is 148 Å². The Bertz CT molecular complexity index is 889. The number of thiazole rings is 1. The molecule has 1 N–H and O–H groups in total. The topological polar surface area (TPSA) is 54.9 Å². The average molecular weight is 353 g/mol. The summed E-state index contributed by atoms with van der Waals surface area (Å²) in [6.45, 7) is 0. The lowest BCUT2D eigenvalue weighted by molar-refractivity contribution is 0.0819. The van der Waals surface area contributed by atoms with Crippen LogP contribution >= 0.6 is 11.3 Å². The average Bonchev–Trinajstić information content (AvgIpc) is 3.10. The maximum atomic E-state index is 13.2. The van der Waals surface area contributed by atoms with Gasteiger partial charge in [-0.25, -0.2) is 9.37 Å². The third-order valence-corrected chi connectivity index (χ3v) is 5.44. The molecule has 0 bridgehead atoms. The lowest BCUT2D eigenvalue weighted by atomic mass is 9.71. The first-order chi connectivity index (χ1) is 12.2. The van der Waals surface area contributed by atoms with Gasteiger partial charge in [0.25, 0.3) is 5.91 Å². The Morgan fingerprint density at radius 1 is 1.16 bits per heavy atom. The van der Waals surface area contributed by atoms with E-state index < -0.39 is 5.54 Å². The van der Waals surface area contributed by atoms with Gasteiger partial charge < -0.3 is 5.32 Å². The van der Waals surface area contributed by atoms with Gasteiger partial charge in [0.2, 0.25) is 0 Å². The van der Waals surface area contributed by atoms with E-state index in [1.165, 1.54) is 23.5 Å². The predicted molar refractivity (Wildman–Crippen MR) is 94.7 cm³/mol. The van der Waals surface area contributed by atoms with Gasteiger partial charge in [0, 0.05) is 11.6 Å². The van der Waals surface area contributed by atoms with Crippen LogP contribution in [0.5, 0.6) is 0 Å². The van der Waals surface area contributed by atoms with Gasteiger partial charge in [-0.3, -0.25) is 9.78 Å². The standard InChI is InChI=1S/C19H16FN3OS/c20-14-7-5-13(6-8-14)19(9-3-10-19)23-17(24)16-12-25-18(22-16)15-4-1-2-11-21-15/h1-2,4-8,11-12H,3,9-10H2,(H,23,24). The molecule has 1 aromatic carbocycles. The van der Waals surface area contributed by atoms with Gasteiger partial charge in [0.05, 0.1) is 11.2 Å². The maximum Gasteiger partial charge on any atom is 0.271 e. The highest BCUT2D eigenvalue weighted by atomic mass is 32.1. The van der Waals surface area contributed by atoms with Crippen molar-refractivity contribution in [1.29, 1.82) is 0 Å². The molecule has 2 heterocycles. The van der Waals surface area contributed by atoms with Crippen LogP contribution in [0.2, 0.25) is 0 Å². The van der Waals surface area contributed by atoms with E-state index in [4.69, 9.17) is 0 Å². The number of rotatable bonds is 4. The first-order valence-corrected chi connectivity index (χ1v) is 9.00. The van der Waals surface area contributed by atoms with Crippen LogP contribution in [0.15, 0.2) is 54.0 Å². The maximum absolute atomic E-state index is 13.2. The van der Waals surface area contributed by atoms with Gasteiger partial charge >= 0.3 is 0 Å². The molecule has 3 aromatic rings. The van der Waals surface area contributed by atoms with E-state index in [1.54, 1.807) is 23.7 Å². The van der Waals surface area contributed by atoms with E-state index >= 15 is 0 Å². The molecule has 2 aromatic heterocycles. The largest absolute Gasteiger partial charge is 0.341 e. The number of hydrogen-bond donors (Lipinski definition) is 1. The Morgan fingerprint density at radius 2 is 1.96 bits per heavy atom.